The van der Waals surface area contributed by atoms with Crippen molar-refractivity contribution in [2.24, 2.45) is 5.92 Å². The van der Waals surface area contributed by atoms with Gasteiger partial charge in [0.2, 0.25) is 0 Å². The molecule has 0 atom stereocenters. The first kappa shape index (κ1) is 12.1. The van der Waals surface area contributed by atoms with Crippen LogP contribution < -0.4 is 0 Å². The average molecular weight is 182 g/mol. The molecule has 2 nitrogen and oxygen atoms in total. The lowest BCUT2D eigenvalue weighted by Crippen LogP contribution is -2.13. The van der Waals surface area contributed by atoms with Gasteiger partial charge in [-0.1, -0.05) is 20.4 Å². The van der Waals surface area contributed by atoms with Gasteiger partial charge in [0.05, 0.1) is 0 Å². The summed E-state index contributed by atoms with van der Waals surface area (Å²) in [6, 6.07) is 0. The van der Waals surface area contributed by atoms with Crippen LogP contribution in [0.5, 0.6) is 0 Å². The summed E-state index contributed by atoms with van der Waals surface area (Å²) in [7, 11) is 0. The van der Waals surface area contributed by atoms with Gasteiger partial charge in [0.25, 0.3) is 0 Å². The zero-order chi connectivity index (χ0) is 10.3. The van der Waals surface area contributed by atoms with Crippen LogP contribution in [0.15, 0.2) is 12.7 Å². The topological polar surface area (TPSA) is 34.1 Å². The fourth-order valence-electron chi connectivity index (χ4n) is 1.30. The van der Waals surface area contributed by atoms with E-state index >= 15 is 0 Å². The number of Topliss-reactive ketones (excluding diaryl/α,β-unsaturated/α-hetero) is 1. The molecule has 0 bridgehead atoms. The van der Waals surface area contributed by atoms with Crippen LogP contribution in [0.3, 0.4) is 0 Å². The van der Waals surface area contributed by atoms with E-state index in [4.69, 9.17) is 0 Å². The standard InChI is InChI=1S/C11H18O2/c1-4-9(5-2)11(13)8-7-10(12)6-3/h6,9H,3-5,7-8H2,1-2H3. The smallest absolute Gasteiger partial charge is 0.155 e. The highest BCUT2D eigenvalue weighted by Gasteiger charge is 2.14. The summed E-state index contributed by atoms with van der Waals surface area (Å²) in [6.07, 6.45) is 3.71. The molecule has 0 saturated carbocycles. The van der Waals surface area contributed by atoms with Gasteiger partial charge in [-0.15, -0.1) is 0 Å². The van der Waals surface area contributed by atoms with Gasteiger partial charge in [-0.25, -0.2) is 0 Å². The van der Waals surface area contributed by atoms with Gasteiger partial charge in [0.1, 0.15) is 5.78 Å². The minimum Gasteiger partial charge on any atom is -0.299 e. The number of hydrogen-bond donors (Lipinski definition) is 0. The van der Waals surface area contributed by atoms with Gasteiger partial charge in [-0.2, -0.15) is 0 Å². The molecule has 13 heavy (non-hydrogen) atoms. The number of ketones is 2. The minimum atomic E-state index is -0.0423. The Labute approximate surface area is 80.0 Å². The number of carbonyl (C=O) groups excluding carboxylic acids is 2. The maximum atomic E-state index is 11.4. The molecule has 0 heterocycles. The van der Waals surface area contributed by atoms with Gasteiger partial charge >= 0.3 is 0 Å². The van der Waals surface area contributed by atoms with E-state index in [1.54, 1.807) is 0 Å². The first-order valence-corrected chi connectivity index (χ1v) is 4.83. The fraction of sp³-hybridized carbons (Fsp3) is 0.636. The Balaban J connectivity index is 3.85. The molecule has 0 radical (unpaired) electrons. The highest BCUT2D eigenvalue weighted by molar-refractivity contribution is 5.92. The first-order chi connectivity index (χ1) is 6.15. The highest BCUT2D eigenvalue weighted by atomic mass is 16.1. The van der Waals surface area contributed by atoms with Crippen LogP contribution >= 0.6 is 0 Å². The van der Waals surface area contributed by atoms with Crippen molar-refractivity contribution in [2.45, 2.75) is 39.5 Å². The van der Waals surface area contributed by atoms with Crippen LogP contribution in [-0.4, -0.2) is 11.6 Å². The Morgan fingerprint density at radius 2 is 1.77 bits per heavy atom. The molecule has 0 amide bonds. The molecule has 0 aromatic carbocycles. The zero-order valence-corrected chi connectivity index (χ0v) is 8.51. The van der Waals surface area contributed by atoms with E-state index < -0.39 is 0 Å². The van der Waals surface area contributed by atoms with E-state index in [1.165, 1.54) is 6.08 Å². The molecule has 0 aliphatic carbocycles. The molecule has 0 fully saturated rings. The van der Waals surface area contributed by atoms with Crippen molar-refractivity contribution >= 4 is 11.6 Å². The third-order valence-corrected chi connectivity index (χ3v) is 2.29. The maximum absolute atomic E-state index is 11.4. The molecule has 0 aromatic heterocycles. The summed E-state index contributed by atoms with van der Waals surface area (Å²) in [6.45, 7) is 7.37. The largest absolute Gasteiger partial charge is 0.299 e. The van der Waals surface area contributed by atoms with Crippen molar-refractivity contribution in [1.82, 2.24) is 0 Å². The zero-order valence-electron chi connectivity index (χ0n) is 8.51. The lowest BCUT2D eigenvalue weighted by atomic mass is 9.94. The molecule has 0 aliphatic heterocycles. The van der Waals surface area contributed by atoms with E-state index in [2.05, 4.69) is 6.58 Å². The van der Waals surface area contributed by atoms with Crippen molar-refractivity contribution in [3.63, 3.8) is 0 Å². The van der Waals surface area contributed by atoms with Crippen molar-refractivity contribution in [3.8, 4) is 0 Å². The lowest BCUT2D eigenvalue weighted by Gasteiger charge is -2.09. The SMILES string of the molecule is C=CC(=O)CCC(=O)C(CC)CC. The van der Waals surface area contributed by atoms with Gasteiger partial charge in [0, 0.05) is 18.8 Å². The quantitative estimate of drug-likeness (QED) is 0.567. The van der Waals surface area contributed by atoms with E-state index in [0.717, 1.165) is 12.8 Å². The van der Waals surface area contributed by atoms with Gasteiger partial charge in [-0.3, -0.25) is 9.59 Å². The fourth-order valence-corrected chi connectivity index (χ4v) is 1.30. The van der Waals surface area contributed by atoms with Gasteiger partial charge in [0.15, 0.2) is 5.78 Å². The Kier molecular flexibility index (Phi) is 6.11. The Morgan fingerprint density at radius 1 is 1.23 bits per heavy atom. The molecule has 2 heteroatoms. The second-order valence-corrected chi connectivity index (χ2v) is 3.15. The predicted molar refractivity (Wildman–Crippen MR) is 53.5 cm³/mol. The molecular formula is C11H18O2. The third-order valence-electron chi connectivity index (χ3n) is 2.29. The van der Waals surface area contributed by atoms with E-state index in [-0.39, 0.29) is 17.5 Å². The molecular weight excluding hydrogens is 164 g/mol. The molecule has 0 N–H and O–H groups in total. The monoisotopic (exact) mass is 182 g/mol. The summed E-state index contributed by atoms with van der Waals surface area (Å²) in [5.41, 5.74) is 0. The Hall–Kier alpha value is -0.920. The van der Waals surface area contributed by atoms with Crippen LogP contribution in [-0.2, 0) is 9.59 Å². The van der Waals surface area contributed by atoms with Crippen molar-refractivity contribution in [1.29, 1.82) is 0 Å². The first-order valence-electron chi connectivity index (χ1n) is 4.83. The Morgan fingerprint density at radius 3 is 2.15 bits per heavy atom. The van der Waals surface area contributed by atoms with Crippen LogP contribution in [0.25, 0.3) is 0 Å². The summed E-state index contributed by atoms with van der Waals surface area (Å²) >= 11 is 0. The van der Waals surface area contributed by atoms with Crippen LogP contribution in [0, 0.1) is 5.92 Å². The number of carbonyl (C=O) groups is 2. The average Bonchev–Trinajstić information content (AvgIpc) is 2.16. The molecule has 0 rings (SSSR count). The van der Waals surface area contributed by atoms with Crippen molar-refractivity contribution < 1.29 is 9.59 Å². The van der Waals surface area contributed by atoms with Crippen molar-refractivity contribution in [3.05, 3.63) is 12.7 Å². The maximum Gasteiger partial charge on any atom is 0.155 e. The molecule has 0 saturated heterocycles. The summed E-state index contributed by atoms with van der Waals surface area (Å²) < 4.78 is 0. The van der Waals surface area contributed by atoms with Crippen LogP contribution in [0.2, 0.25) is 0 Å². The molecule has 74 valence electrons. The summed E-state index contributed by atoms with van der Waals surface area (Å²) in [5, 5.41) is 0. The van der Waals surface area contributed by atoms with E-state index in [0.29, 0.717) is 12.8 Å². The van der Waals surface area contributed by atoms with E-state index in [9.17, 15) is 9.59 Å². The molecule has 0 spiro atoms. The normalized spacial score (nSPS) is 10.1. The van der Waals surface area contributed by atoms with Crippen molar-refractivity contribution in [2.75, 3.05) is 0 Å². The van der Waals surface area contributed by atoms with Gasteiger partial charge < -0.3 is 0 Å². The number of rotatable bonds is 7. The second kappa shape index (κ2) is 6.58. The summed E-state index contributed by atoms with van der Waals surface area (Å²) in [4.78, 5) is 22.3. The lowest BCUT2D eigenvalue weighted by molar-refractivity contribution is -0.125. The minimum absolute atomic E-state index is 0.0423. The van der Waals surface area contributed by atoms with Crippen LogP contribution in [0.1, 0.15) is 39.5 Å². The van der Waals surface area contributed by atoms with E-state index in [1.807, 2.05) is 13.8 Å². The van der Waals surface area contributed by atoms with Gasteiger partial charge in [-0.05, 0) is 18.9 Å². The Bertz CT molecular complexity index is 190. The molecule has 0 aliphatic rings. The molecule has 0 aromatic rings. The summed E-state index contributed by atoms with van der Waals surface area (Å²) in [5.74, 6) is 0.303. The predicted octanol–water partition coefficient (Wildman–Crippen LogP) is 2.53. The second-order valence-electron chi connectivity index (χ2n) is 3.15. The number of allylic oxidation sites excluding steroid dienone is 1. The highest BCUT2D eigenvalue weighted by Crippen LogP contribution is 2.12. The number of hydrogen-bond acceptors (Lipinski definition) is 2. The molecule has 0 unspecified atom stereocenters. The van der Waals surface area contributed by atoms with Crippen LogP contribution in [0.4, 0.5) is 0 Å². The third kappa shape index (κ3) is 4.61.